The lowest BCUT2D eigenvalue weighted by molar-refractivity contribution is -0.137. The van der Waals surface area contributed by atoms with Crippen LogP contribution in [0.3, 0.4) is 0 Å². The molecule has 0 saturated carbocycles. The summed E-state index contributed by atoms with van der Waals surface area (Å²) >= 11 is 0.954. The fraction of sp³-hybridized carbons (Fsp3) is 0.561. The third-order valence-electron chi connectivity index (χ3n) is 9.73. The largest absolute Gasteiger partial charge is 0.481 e. The zero-order valence-electron chi connectivity index (χ0n) is 38.8. The number of nitrogen functional groups attached to an aromatic ring is 1. The first kappa shape index (κ1) is 60.5. The lowest BCUT2D eigenvalue weighted by Gasteiger charge is -2.30. The minimum Gasteiger partial charge on any atom is -0.392 e. The van der Waals surface area contributed by atoms with Gasteiger partial charge < -0.3 is 56.0 Å². The smallest absolute Gasteiger partial charge is 0.392 e. The zero-order chi connectivity index (χ0) is 52.0. The normalized spacial score (nSPS) is 20.8. The molecule has 1 aliphatic rings. The molecule has 0 radical (unpaired) electrons. The van der Waals surface area contributed by atoms with Crippen molar-refractivity contribution in [3.8, 4) is 0 Å². The Bertz CT molecular complexity index is 2310. The number of hydrogen-bond acceptors (Lipinski definition) is 19. The van der Waals surface area contributed by atoms with Crippen molar-refractivity contribution in [3.05, 3.63) is 73.4 Å². The van der Waals surface area contributed by atoms with Gasteiger partial charge in [-0.1, -0.05) is 93.3 Å². The van der Waals surface area contributed by atoms with E-state index < -0.39 is 90.7 Å². The van der Waals surface area contributed by atoms with Crippen LogP contribution in [-0.4, -0.2) is 134 Å². The second-order valence-corrected chi connectivity index (χ2v) is 21.5. The van der Waals surface area contributed by atoms with Gasteiger partial charge >= 0.3 is 23.5 Å². The van der Waals surface area contributed by atoms with E-state index in [0.717, 1.165) is 54.7 Å². The molecule has 3 heterocycles. The number of ether oxygens (including phenoxy) is 1. The monoisotopic (exact) mass is 1070 g/mol. The van der Waals surface area contributed by atoms with Crippen LogP contribution in [0.4, 0.5) is 5.82 Å². The van der Waals surface area contributed by atoms with Crippen LogP contribution in [0.25, 0.3) is 11.2 Å². The highest BCUT2D eigenvalue weighted by Crippen LogP contribution is 2.61. The number of imidazole rings is 1. The number of phosphoric ester groups is 3. The summed E-state index contributed by atoms with van der Waals surface area (Å²) in [7, 11) is -16.5. The lowest BCUT2D eigenvalue weighted by Crippen LogP contribution is -2.46. The van der Waals surface area contributed by atoms with Crippen molar-refractivity contribution in [2.24, 2.45) is 5.41 Å². The van der Waals surface area contributed by atoms with Crippen LogP contribution in [0.2, 0.25) is 0 Å². The SMILES string of the molecule is CC/C=C\C/C=C\C/C=C\C/C=C\C/C=C\C[C@H](O)CC(=O)SCCNC(=O)CCNC(=O)[C@H](O)C(C)(C)COP(=O)(O)OP(=O)(O)OC[C@H]1O[C@@H](n2cnc3c(N)ncnc32)[C@H](O)[C@@H]1OP(=O)(O)O. The number of amides is 2. The molecule has 1 aliphatic heterocycles. The highest BCUT2D eigenvalue weighted by atomic mass is 32.2. The van der Waals surface area contributed by atoms with Crippen LogP contribution in [0.1, 0.15) is 78.4 Å². The molecule has 0 aromatic carbocycles. The topological polar surface area (TPSA) is 384 Å². The quantitative estimate of drug-likeness (QED) is 0.0284. The molecule has 2 unspecified atom stereocenters. The first-order chi connectivity index (χ1) is 32.9. The molecule has 1 saturated heterocycles. The van der Waals surface area contributed by atoms with Gasteiger partial charge in [0, 0.05) is 37.1 Å². The Morgan fingerprint density at radius 3 is 2.10 bits per heavy atom. The number of carbonyl (C=O) groups is 3. The van der Waals surface area contributed by atoms with Crippen LogP contribution in [0, 0.1) is 5.41 Å². The van der Waals surface area contributed by atoms with Crippen LogP contribution in [0.5, 0.6) is 0 Å². The van der Waals surface area contributed by atoms with Crippen molar-refractivity contribution in [1.82, 2.24) is 30.2 Å². The van der Waals surface area contributed by atoms with Gasteiger partial charge in [0.2, 0.25) is 11.8 Å². The van der Waals surface area contributed by atoms with E-state index in [2.05, 4.69) is 83.9 Å². The van der Waals surface area contributed by atoms with Gasteiger partial charge in [0.05, 0.1) is 25.6 Å². The second kappa shape index (κ2) is 29.7. The van der Waals surface area contributed by atoms with Gasteiger partial charge in [0.25, 0.3) is 0 Å². The van der Waals surface area contributed by atoms with Crippen LogP contribution in [-0.2, 0) is 50.7 Å². The predicted octanol–water partition coefficient (Wildman–Crippen LogP) is 3.56. The second-order valence-electron chi connectivity index (χ2n) is 16.1. The molecule has 25 nitrogen and oxygen atoms in total. The van der Waals surface area contributed by atoms with Crippen molar-refractivity contribution >= 4 is 69.1 Å². The average Bonchev–Trinajstić information content (AvgIpc) is 3.84. The number of rotatable bonds is 32. The maximum atomic E-state index is 12.7. The van der Waals surface area contributed by atoms with Gasteiger partial charge in [0.1, 0.15) is 36.3 Å². The minimum atomic E-state index is -5.59. The fourth-order valence-corrected chi connectivity index (χ4v) is 9.70. The summed E-state index contributed by atoms with van der Waals surface area (Å²) in [6, 6.07) is 0. The van der Waals surface area contributed by atoms with Crippen molar-refractivity contribution < 1.29 is 85.6 Å². The first-order valence-electron chi connectivity index (χ1n) is 21.9. The summed E-state index contributed by atoms with van der Waals surface area (Å²) < 4.78 is 62.4. The predicted molar refractivity (Wildman–Crippen MR) is 257 cm³/mol. The molecule has 2 aromatic heterocycles. The van der Waals surface area contributed by atoms with Crippen molar-refractivity contribution in [2.45, 2.75) is 109 Å². The number of thioether (sulfide) groups is 1. The number of aromatic nitrogens is 4. The van der Waals surface area contributed by atoms with E-state index in [-0.39, 0.29) is 53.8 Å². The number of nitrogens with two attached hydrogens (primary N) is 1. The Labute approximate surface area is 409 Å². The summed E-state index contributed by atoms with van der Waals surface area (Å²) in [5, 5.41) is 36.5. The van der Waals surface area contributed by atoms with E-state index in [1.165, 1.54) is 13.8 Å². The standard InChI is InChI=1S/C41H64N7O18P3S/c1-4-5-6-7-8-9-10-11-12-13-14-15-16-17-18-19-29(49)24-32(51)70-23-22-43-31(50)20-21-44-39(54)36(53)41(2,3)26-63-69(60,61)66-68(58,59)62-25-30-35(65-67(55,56)57)34(52)40(64-30)48-28-47-33-37(42)45-27-46-38(33)48/h5-6,8-9,11-12,14-15,17-18,27-30,34-36,40,49,52-53H,4,7,10,13,16,19-26H2,1-3H3,(H,43,50)(H,44,54)(H,58,59)(H,60,61)(H2,42,45,46)(H2,55,56,57)/b6-5-,9-8-,12-11-,15-14-,18-17-/t29-,30+,34+,35+,36-,40+/m0/s1. The van der Waals surface area contributed by atoms with Crippen molar-refractivity contribution in [1.29, 1.82) is 0 Å². The van der Waals surface area contributed by atoms with E-state index in [9.17, 15) is 63.0 Å². The summed E-state index contributed by atoms with van der Waals surface area (Å²) in [6.07, 6.45) is 17.4. The highest BCUT2D eigenvalue weighted by molar-refractivity contribution is 8.13. The number of anilines is 1. The summed E-state index contributed by atoms with van der Waals surface area (Å²) in [5.41, 5.74) is 4.24. The Morgan fingerprint density at radius 1 is 0.886 bits per heavy atom. The van der Waals surface area contributed by atoms with E-state index in [1.807, 2.05) is 18.2 Å². The number of carbonyl (C=O) groups excluding carboxylic acids is 3. The first-order valence-corrected chi connectivity index (χ1v) is 27.4. The number of nitrogens with one attached hydrogen (secondary N) is 2. The van der Waals surface area contributed by atoms with Gasteiger partial charge in [-0.15, -0.1) is 0 Å². The Hall–Kier alpha value is -3.78. The minimum absolute atomic E-state index is 0.0241. The summed E-state index contributed by atoms with van der Waals surface area (Å²) in [6.45, 7) is 2.43. The molecule has 0 spiro atoms. The van der Waals surface area contributed by atoms with Crippen molar-refractivity contribution in [3.63, 3.8) is 0 Å². The number of phosphoric acid groups is 3. The number of fused-ring (bicyclic) bond motifs is 1. The molecule has 392 valence electrons. The molecule has 1 fully saturated rings. The van der Waals surface area contributed by atoms with Gasteiger partial charge in [-0.3, -0.25) is 32.5 Å². The zero-order valence-corrected chi connectivity index (χ0v) is 42.3. The third kappa shape index (κ3) is 22.3. The molecule has 70 heavy (non-hydrogen) atoms. The van der Waals surface area contributed by atoms with E-state index in [4.69, 9.17) is 19.5 Å². The van der Waals surface area contributed by atoms with E-state index in [1.54, 1.807) is 0 Å². The molecule has 11 N–H and O–H groups in total. The molecule has 2 aromatic rings. The molecule has 2 amide bonds. The number of allylic oxidation sites excluding steroid dienone is 9. The number of aliphatic hydroxyl groups excluding tert-OH is 3. The van der Waals surface area contributed by atoms with Gasteiger partial charge in [-0.05, 0) is 38.5 Å². The molecule has 8 atom stereocenters. The van der Waals surface area contributed by atoms with E-state index in [0.29, 0.717) is 12.8 Å². The molecule has 0 aliphatic carbocycles. The molecule has 29 heteroatoms. The van der Waals surface area contributed by atoms with Gasteiger partial charge in [-0.2, -0.15) is 4.31 Å². The maximum absolute atomic E-state index is 12.7. The molecule has 3 rings (SSSR count). The maximum Gasteiger partial charge on any atom is 0.481 e. The average molecular weight is 1070 g/mol. The molecule has 0 bridgehead atoms. The van der Waals surface area contributed by atoms with Gasteiger partial charge in [0.15, 0.2) is 22.8 Å². The Balaban J connectivity index is 1.32. The molecular formula is C41H64N7O18P3S. The number of hydrogen-bond donors (Lipinski definition) is 10. The number of aliphatic hydroxyl groups is 3. The van der Waals surface area contributed by atoms with Gasteiger partial charge in [-0.25, -0.2) is 28.6 Å². The Morgan fingerprint density at radius 2 is 1.49 bits per heavy atom. The van der Waals surface area contributed by atoms with Crippen molar-refractivity contribution in [2.75, 3.05) is 37.8 Å². The summed E-state index contributed by atoms with van der Waals surface area (Å²) in [5.74, 6) is -1.29. The van der Waals surface area contributed by atoms with Crippen LogP contribution >= 0.6 is 35.2 Å². The highest BCUT2D eigenvalue weighted by Gasteiger charge is 2.50. The number of nitrogens with zero attached hydrogens (tertiary/aromatic N) is 4. The third-order valence-corrected chi connectivity index (χ3v) is 13.7. The lowest BCUT2D eigenvalue weighted by atomic mass is 9.87. The van der Waals surface area contributed by atoms with E-state index >= 15 is 0 Å². The summed E-state index contributed by atoms with van der Waals surface area (Å²) in [4.78, 5) is 88.4. The van der Waals surface area contributed by atoms with Crippen LogP contribution in [0.15, 0.2) is 73.4 Å². The fourth-order valence-electron chi connectivity index (χ4n) is 6.13. The Kier molecular flexibility index (Phi) is 25.7. The van der Waals surface area contributed by atoms with Crippen LogP contribution < -0.4 is 16.4 Å². The molecular weight excluding hydrogens is 1000 g/mol.